The number of allylic oxidation sites excluding steroid dienone is 1. The molecule has 0 atom stereocenters. The zero-order chi connectivity index (χ0) is 16.7. The van der Waals surface area contributed by atoms with E-state index in [9.17, 15) is 4.39 Å². The number of hydrogen-bond donors (Lipinski definition) is 1. The largest absolute Gasteiger partial charge is 0.351 e. The Morgan fingerprint density at radius 3 is 2.79 bits per heavy atom. The van der Waals surface area contributed by atoms with Crippen LogP contribution in [0.4, 0.5) is 15.8 Å². The molecule has 1 aromatic carbocycles. The molecule has 1 aromatic rings. The highest BCUT2D eigenvalue weighted by molar-refractivity contribution is 6.48. The first kappa shape index (κ1) is 14.6. The topological polar surface area (TPSA) is 67.0 Å². The summed E-state index contributed by atoms with van der Waals surface area (Å²) in [7, 11) is 0. The average molecular weight is 322 g/mol. The Kier molecular flexibility index (Phi) is 3.42. The van der Waals surface area contributed by atoms with Crippen molar-refractivity contribution >= 4 is 23.0 Å². The molecule has 0 spiro atoms. The van der Waals surface area contributed by atoms with E-state index in [-0.39, 0.29) is 11.3 Å². The molecule has 4 rings (SSSR count). The van der Waals surface area contributed by atoms with Gasteiger partial charge in [-0.3, -0.25) is 4.90 Å². The lowest BCUT2D eigenvalue weighted by atomic mass is 10.1. The number of benzene rings is 1. The van der Waals surface area contributed by atoms with Crippen LogP contribution in [0.15, 0.2) is 39.7 Å². The smallest absolute Gasteiger partial charge is 0.182 e. The van der Waals surface area contributed by atoms with Crippen molar-refractivity contribution < 1.29 is 4.39 Å². The van der Waals surface area contributed by atoms with E-state index in [4.69, 9.17) is 5.26 Å². The van der Waals surface area contributed by atoms with Crippen LogP contribution in [0.3, 0.4) is 0 Å². The van der Waals surface area contributed by atoms with Gasteiger partial charge in [0.2, 0.25) is 0 Å². The fourth-order valence-corrected chi connectivity index (χ4v) is 2.99. The molecule has 1 N–H and O–H groups in total. The van der Waals surface area contributed by atoms with Crippen LogP contribution in [0.25, 0.3) is 0 Å². The van der Waals surface area contributed by atoms with E-state index in [0.29, 0.717) is 17.4 Å². The second kappa shape index (κ2) is 5.60. The molecule has 0 aliphatic carbocycles. The number of hydrogen-bond acceptors (Lipinski definition) is 6. The minimum Gasteiger partial charge on any atom is -0.351 e. The number of amidine groups is 2. The number of nitrogens with one attached hydrogen (secondary N) is 1. The van der Waals surface area contributed by atoms with Gasteiger partial charge in [0.05, 0.1) is 29.2 Å². The molecule has 120 valence electrons. The maximum absolute atomic E-state index is 14.5. The summed E-state index contributed by atoms with van der Waals surface area (Å²) < 4.78 is 14.5. The summed E-state index contributed by atoms with van der Waals surface area (Å²) >= 11 is 0. The first-order valence-corrected chi connectivity index (χ1v) is 7.77. The molecule has 24 heavy (non-hydrogen) atoms. The van der Waals surface area contributed by atoms with Crippen molar-refractivity contribution in [2.75, 3.05) is 31.1 Å². The van der Waals surface area contributed by atoms with Crippen molar-refractivity contribution in [2.45, 2.75) is 6.92 Å². The van der Waals surface area contributed by atoms with Crippen LogP contribution in [0.2, 0.25) is 0 Å². The van der Waals surface area contributed by atoms with Gasteiger partial charge >= 0.3 is 0 Å². The van der Waals surface area contributed by atoms with Crippen molar-refractivity contribution in [1.82, 2.24) is 10.2 Å². The standard InChI is InChI=1S/C17H15FN6/c1-11-2-5-24-14-9-12(10-19)8-13(18)15(14)22-16(17(24)21-11)23-6-3-20-4-7-23/h5,8-9,20H,3-4,6-7H2,1H3. The molecule has 0 aromatic heterocycles. The number of nitriles is 1. The van der Waals surface area contributed by atoms with Crippen LogP contribution in [0.5, 0.6) is 0 Å². The van der Waals surface area contributed by atoms with Crippen LogP contribution in [-0.4, -0.2) is 42.8 Å². The molecule has 0 unspecified atom stereocenters. The molecule has 1 saturated heterocycles. The third-order valence-electron chi connectivity index (χ3n) is 4.17. The Labute approximate surface area is 138 Å². The van der Waals surface area contributed by atoms with E-state index >= 15 is 0 Å². The van der Waals surface area contributed by atoms with Crippen LogP contribution in [0, 0.1) is 17.1 Å². The molecule has 7 heteroatoms. The van der Waals surface area contributed by atoms with Gasteiger partial charge in [0, 0.05) is 26.2 Å². The lowest BCUT2D eigenvalue weighted by molar-refractivity contribution is 0.360. The molecule has 3 heterocycles. The van der Waals surface area contributed by atoms with Gasteiger partial charge in [-0.15, -0.1) is 0 Å². The Hall–Kier alpha value is -2.94. The zero-order valence-corrected chi connectivity index (χ0v) is 13.2. The SMILES string of the molecule is CC1=C=CN2C(=N1)C(N1CCNCC1)=Nc1c(F)cc(C#N)cc12. The first-order chi connectivity index (χ1) is 11.7. The van der Waals surface area contributed by atoms with Gasteiger partial charge in [-0.25, -0.2) is 14.4 Å². The van der Waals surface area contributed by atoms with Gasteiger partial charge < -0.3 is 10.2 Å². The minimum atomic E-state index is -0.504. The van der Waals surface area contributed by atoms with Crippen molar-refractivity contribution in [3.05, 3.63) is 41.1 Å². The number of aliphatic imine (C=N–C) groups is 2. The predicted molar refractivity (Wildman–Crippen MR) is 89.8 cm³/mol. The summed E-state index contributed by atoms with van der Waals surface area (Å²) in [5.74, 6) is 0.801. The van der Waals surface area contributed by atoms with E-state index in [1.165, 1.54) is 6.07 Å². The lowest BCUT2D eigenvalue weighted by Crippen LogP contribution is -2.52. The summed E-state index contributed by atoms with van der Waals surface area (Å²) in [6.07, 6.45) is 1.73. The van der Waals surface area contributed by atoms with E-state index in [2.05, 4.69) is 25.9 Å². The fourth-order valence-electron chi connectivity index (χ4n) is 2.99. The molecule has 3 aliphatic rings. The summed E-state index contributed by atoms with van der Waals surface area (Å²) in [6, 6.07) is 4.83. The number of piperazine rings is 1. The highest BCUT2D eigenvalue weighted by atomic mass is 19.1. The van der Waals surface area contributed by atoms with E-state index in [1.807, 2.05) is 13.0 Å². The number of fused-ring (bicyclic) bond motifs is 3. The Bertz CT molecular complexity index is 879. The summed E-state index contributed by atoms with van der Waals surface area (Å²) in [5.41, 5.74) is 4.79. The van der Waals surface area contributed by atoms with Crippen molar-refractivity contribution in [3.8, 4) is 6.07 Å². The van der Waals surface area contributed by atoms with Crippen molar-refractivity contribution in [2.24, 2.45) is 9.98 Å². The first-order valence-electron chi connectivity index (χ1n) is 7.77. The molecule has 1 fully saturated rings. The molecule has 0 amide bonds. The second-order valence-electron chi connectivity index (χ2n) is 5.77. The fraction of sp³-hybridized carbons (Fsp3) is 0.294. The quantitative estimate of drug-likeness (QED) is 0.741. The third-order valence-corrected chi connectivity index (χ3v) is 4.17. The maximum Gasteiger partial charge on any atom is 0.182 e. The number of anilines is 1. The normalized spacial score (nSPS) is 19.0. The van der Waals surface area contributed by atoms with Crippen LogP contribution < -0.4 is 10.2 Å². The van der Waals surface area contributed by atoms with E-state index in [1.54, 1.807) is 17.2 Å². The Morgan fingerprint density at radius 1 is 1.25 bits per heavy atom. The van der Waals surface area contributed by atoms with Crippen LogP contribution in [-0.2, 0) is 0 Å². The maximum atomic E-state index is 14.5. The monoisotopic (exact) mass is 322 g/mol. The van der Waals surface area contributed by atoms with Crippen LogP contribution in [0.1, 0.15) is 12.5 Å². The molecular weight excluding hydrogens is 307 g/mol. The Morgan fingerprint density at radius 2 is 2.04 bits per heavy atom. The van der Waals surface area contributed by atoms with Crippen molar-refractivity contribution in [1.29, 1.82) is 5.26 Å². The van der Waals surface area contributed by atoms with E-state index < -0.39 is 5.82 Å². The molecular formula is C17H15FN6. The highest BCUT2D eigenvalue weighted by Crippen LogP contribution is 2.38. The van der Waals surface area contributed by atoms with Gasteiger partial charge in [0.15, 0.2) is 17.5 Å². The van der Waals surface area contributed by atoms with E-state index in [0.717, 1.165) is 31.9 Å². The summed E-state index contributed by atoms with van der Waals surface area (Å²) in [6.45, 7) is 5.12. The van der Waals surface area contributed by atoms with Gasteiger partial charge in [0.1, 0.15) is 5.69 Å². The summed E-state index contributed by atoms with van der Waals surface area (Å²) in [4.78, 5) is 13.0. The molecule has 3 aliphatic heterocycles. The number of halogens is 1. The zero-order valence-electron chi connectivity index (χ0n) is 13.2. The molecule has 0 radical (unpaired) electrons. The average Bonchev–Trinajstić information content (AvgIpc) is 2.61. The number of nitrogens with zero attached hydrogens (tertiary/aromatic N) is 5. The Balaban J connectivity index is 1.92. The molecule has 0 saturated carbocycles. The third kappa shape index (κ3) is 2.29. The molecule has 6 nitrogen and oxygen atoms in total. The van der Waals surface area contributed by atoms with Gasteiger partial charge in [-0.05, 0) is 19.1 Å². The van der Waals surface area contributed by atoms with Gasteiger partial charge in [0.25, 0.3) is 0 Å². The minimum absolute atomic E-state index is 0.235. The predicted octanol–water partition coefficient (Wildman–Crippen LogP) is 1.88. The van der Waals surface area contributed by atoms with Gasteiger partial charge in [-0.1, -0.05) is 5.73 Å². The highest BCUT2D eigenvalue weighted by Gasteiger charge is 2.32. The lowest BCUT2D eigenvalue weighted by Gasteiger charge is -2.37. The molecule has 0 bridgehead atoms. The van der Waals surface area contributed by atoms with Gasteiger partial charge in [-0.2, -0.15) is 5.26 Å². The van der Waals surface area contributed by atoms with Crippen molar-refractivity contribution in [3.63, 3.8) is 0 Å². The summed E-state index contributed by atoms with van der Waals surface area (Å²) in [5, 5.41) is 12.4. The second-order valence-corrected chi connectivity index (χ2v) is 5.77. The van der Waals surface area contributed by atoms with Crippen LogP contribution >= 0.6 is 0 Å². The number of rotatable bonds is 0.